The van der Waals surface area contributed by atoms with E-state index >= 15 is 0 Å². The summed E-state index contributed by atoms with van der Waals surface area (Å²) in [6.07, 6.45) is 0.830. The number of nitrogens with two attached hydrogens (primary N) is 1. The highest BCUT2D eigenvalue weighted by atomic mass is 32.1. The van der Waals surface area contributed by atoms with Crippen molar-refractivity contribution in [2.45, 2.75) is 32.7 Å². The van der Waals surface area contributed by atoms with Crippen LogP contribution in [-0.4, -0.2) is 23.5 Å². The molecular weight excluding hydrogens is 324 g/mol. The van der Waals surface area contributed by atoms with E-state index in [0.717, 1.165) is 21.8 Å². The lowest BCUT2D eigenvalue weighted by atomic mass is 10.0. The van der Waals surface area contributed by atoms with Crippen molar-refractivity contribution in [1.29, 1.82) is 0 Å². The second kappa shape index (κ2) is 8.44. The molecule has 0 saturated heterocycles. The van der Waals surface area contributed by atoms with Gasteiger partial charge in [-0.05, 0) is 19.4 Å². The van der Waals surface area contributed by atoms with Gasteiger partial charge >= 0.3 is 6.03 Å². The van der Waals surface area contributed by atoms with Crippen LogP contribution >= 0.6 is 11.3 Å². The SMILES string of the molecule is Cc1cccc([C@H](CC(=O)NCCc2csc(C)n2)NC(N)=O)c1. The number of hydrogen-bond donors (Lipinski definition) is 3. The zero-order chi connectivity index (χ0) is 17.5. The number of aromatic nitrogens is 1. The maximum Gasteiger partial charge on any atom is 0.312 e. The first kappa shape index (κ1) is 17.9. The van der Waals surface area contributed by atoms with E-state index in [0.29, 0.717) is 13.0 Å². The van der Waals surface area contributed by atoms with Crippen LogP contribution in [0.5, 0.6) is 0 Å². The predicted octanol–water partition coefficient (Wildman–Crippen LogP) is 2.22. The summed E-state index contributed by atoms with van der Waals surface area (Å²) in [5.74, 6) is -0.137. The van der Waals surface area contributed by atoms with Crippen molar-refractivity contribution in [2.24, 2.45) is 5.73 Å². The van der Waals surface area contributed by atoms with E-state index in [1.54, 1.807) is 11.3 Å². The van der Waals surface area contributed by atoms with E-state index in [1.165, 1.54) is 0 Å². The van der Waals surface area contributed by atoms with Crippen LogP contribution in [-0.2, 0) is 11.2 Å². The maximum atomic E-state index is 12.2. The standard InChI is InChI=1S/C17H22N4O2S/c1-11-4-3-5-13(8-11)15(21-17(18)23)9-16(22)19-7-6-14-10-24-12(2)20-14/h3-5,8,10,15H,6-7,9H2,1-2H3,(H,19,22)(H3,18,21,23)/t15-/m0/s1. The van der Waals surface area contributed by atoms with Crippen molar-refractivity contribution in [3.05, 3.63) is 51.5 Å². The molecule has 1 aromatic carbocycles. The molecule has 24 heavy (non-hydrogen) atoms. The summed E-state index contributed by atoms with van der Waals surface area (Å²) in [6.45, 7) is 4.43. The molecule has 0 bridgehead atoms. The van der Waals surface area contributed by atoms with Gasteiger partial charge in [-0.25, -0.2) is 9.78 Å². The fourth-order valence-electron chi connectivity index (χ4n) is 2.42. The van der Waals surface area contributed by atoms with Crippen LogP contribution < -0.4 is 16.4 Å². The van der Waals surface area contributed by atoms with Crippen LogP contribution in [0.15, 0.2) is 29.6 Å². The first-order valence-electron chi connectivity index (χ1n) is 7.74. The Balaban J connectivity index is 1.90. The highest BCUT2D eigenvalue weighted by Crippen LogP contribution is 2.18. The molecule has 128 valence electrons. The summed E-state index contributed by atoms with van der Waals surface area (Å²) in [5, 5.41) is 8.50. The second-order valence-corrected chi connectivity index (χ2v) is 6.70. The van der Waals surface area contributed by atoms with Gasteiger partial charge in [-0.2, -0.15) is 0 Å². The number of hydrogen-bond acceptors (Lipinski definition) is 4. The molecule has 0 saturated carbocycles. The number of nitrogens with one attached hydrogen (secondary N) is 2. The molecular formula is C17H22N4O2S. The Hall–Kier alpha value is -2.41. The maximum absolute atomic E-state index is 12.2. The lowest BCUT2D eigenvalue weighted by Crippen LogP contribution is -2.37. The van der Waals surface area contributed by atoms with Crippen LogP contribution in [0.2, 0.25) is 0 Å². The Bertz CT molecular complexity index is 714. The summed E-state index contributed by atoms with van der Waals surface area (Å²) in [4.78, 5) is 27.7. The van der Waals surface area contributed by atoms with Gasteiger partial charge in [0.05, 0.1) is 23.2 Å². The largest absolute Gasteiger partial charge is 0.356 e. The third kappa shape index (κ3) is 5.66. The quantitative estimate of drug-likeness (QED) is 0.717. The molecule has 7 heteroatoms. The van der Waals surface area contributed by atoms with Crippen LogP contribution in [0, 0.1) is 13.8 Å². The van der Waals surface area contributed by atoms with Crippen molar-refractivity contribution in [1.82, 2.24) is 15.6 Å². The van der Waals surface area contributed by atoms with E-state index in [4.69, 9.17) is 5.73 Å². The van der Waals surface area contributed by atoms with E-state index in [2.05, 4.69) is 15.6 Å². The summed E-state index contributed by atoms with van der Waals surface area (Å²) in [5.41, 5.74) is 8.13. The minimum Gasteiger partial charge on any atom is -0.356 e. The molecule has 0 unspecified atom stereocenters. The van der Waals surface area contributed by atoms with Crippen molar-refractivity contribution < 1.29 is 9.59 Å². The van der Waals surface area contributed by atoms with Crippen LogP contribution in [0.25, 0.3) is 0 Å². The van der Waals surface area contributed by atoms with Gasteiger partial charge in [-0.15, -0.1) is 11.3 Å². The Morgan fingerprint density at radius 3 is 2.75 bits per heavy atom. The highest BCUT2D eigenvalue weighted by molar-refractivity contribution is 7.09. The Morgan fingerprint density at radius 2 is 2.12 bits per heavy atom. The third-order valence-electron chi connectivity index (χ3n) is 3.52. The number of urea groups is 1. The van der Waals surface area contributed by atoms with Crippen LogP contribution in [0.3, 0.4) is 0 Å². The van der Waals surface area contributed by atoms with Crippen molar-refractivity contribution in [3.63, 3.8) is 0 Å². The van der Waals surface area contributed by atoms with Gasteiger partial charge in [0.2, 0.25) is 5.91 Å². The number of amides is 3. The number of carbonyl (C=O) groups excluding carboxylic acids is 2. The number of primary amides is 1. The normalized spacial score (nSPS) is 11.8. The van der Waals surface area contributed by atoms with Gasteiger partial charge in [0.15, 0.2) is 0 Å². The average molecular weight is 346 g/mol. The molecule has 0 aliphatic rings. The molecule has 0 spiro atoms. The number of aryl methyl sites for hydroxylation is 2. The van der Waals surface area contributed by atoms with Crippen molar-refractivity contribution >= 4 is 23.3 Å². The molecule has 0 fully saturated rings. The predicted molar refractivity (Wildman–Crippen MR) is 94.8 cm³/mol. The van der Waals surface area contributed by atoms with Gasteiger partial charge in [0.25, 0.3) is 0 Å². The molecule has 1 aromatic heterocycles. The number of thiazole rings is 1. The summed E-state index contributed by atoms with van der Waals surface area (Å²) < 4.78 is 0. The molecule has 2 rings (SSSR count). The summed E-state index contributed by atoms with van der Waals surface area (Å²) in [6, 6.07) is 6.57. The summed E-state index contributed by atoms with van der Waals surface area (Å²) in [7, 11) is 0. The minimum absolute atomic E-state index is 0.137. The zero-order valence-corrected chi connectivity index (χ0v) is 14.7. The van der Waals surface area contributed by atoms with E-state index in [9.17, 15) is 9.59 Å². The first-order chi connectivity index (χ1) is 11.4. The Labute approximate surface area is 145 Å². The molecule has 6 nitrogen and oxygen atoms in total. The van der Waals surface area contributed by atoms with E-state index in [-0.39, 0.29) is 12.3 Å². The number of rotatable bonds is 7. The fraction of sp³-hybridized carbons (Fsp3) is 0.353. The average Bonchev–Trinajstić information content (AvgIpc) is 2.91. The Kier molecular flexibility index (Phi) is 6.31. The van der Waals surface area contributed by atoms with E-state index in [1.807, 2.05) is 43.5 Å². The monoisotopic (exact) mass is 346 g/mol. The second-order valence-electron chi connectivity index (χ2n) is 5.64. The molecule has 0 aliphatic heterocycles. The number of benzene rings is 1. The topological polar surface area (TPSA) is 97.1 Å². The van der Waals surface area contributed by atoms with Gasteiger partial charge in [-0.1, -0.05) is 29.8 Å². The van der Waals surface area contributed by atoms with Crippen molar-refractivity contribution in [3.8, 4) is 0 Å². The lowest BCUT2D eigenvalue weighted by molar-refractivity contribution is -0.121. The molecule has 0 aliphatic carbocycles. The minimum atomic E-state index is -0.646. The molecule has 3 amide bonds. The third-order valence-corrected chi connectivity index (χ3v) is 4.34. The number of carbonyl (C=O) groups is 2. The number of nitrogens with zero attached hydrogens (tertiary/aromatic N) is 1. The molecule has 4 N–H and O–H groups in total. The molecule has 1 atom stereocenters. The van der Waals surface area contributed by atoms with Crippen molar-refractivity contribution in [2.75, 3.05) is 6.54 Å². The van der Waals surface area contributed by atoms with Gasteiger partial charge in [-0.3, -0.25) is 4.79 Å². The molecule has 1 heterocycles. The summed E-state index contributed by atoms with van der Waals surface area (Å²) >= 11 is 1.59. The van der Waals surface area contributed by atoms with Crippen LogP contribution in [0.1, 0.15) is 34.3 Å². The molecule has 2 aromatic rings. The lowest BCUT2D eigenvalue weighted by Gasteiger charge is -2.18. The van der Waals surface area contributed by atoms with E-state index < -0.39 is 12.1 Å². The first-order valence-corrected chi connectivity index (χ1v) is 8.62. The zero-order valence-electron chi connectivity index (χ0n) is 13.8. The van der Waals surface area contributed by atoms with Gasteiger partial charge in [0.1, 0.15) is 0 Å². The smallest absolute Gasteiger partial charge is 0.312 e. The Morgan fingerprint density at radius 1 is 1.33 bits per heavy atom. The highest BCUT2D eigenvalue weighted by Gasteiger charge is 2.17. The van der Waals surface area contributed by atoms with Gasteiger partial charge in [0, 0.05) is 18.3 Å². The molecule has 0 radical (unpaired) electrons. The fourth-order valence-corrected chi connectivity index (χ4v) is 3.07. The van der Waals surface area contributed by atoms with Crippen LogP contribution in [0.4, 0.5) is 4.79 Å². The van der Waals surface area contributed by atoms with Gasteiger partial charge < -0.3 is 16.4 Å².